The monoisotopic (exact) mass is 286 g/mol. The van der Waals surface area contributed by atoms with Crippen LogP contribution in [-0.2, 0) is 6.61 Å². The Morgan fingerprint density at radius 1 is 0.857 bits per heavy atom. The van der Waals surface area contributed by atoms with Gasteiger partial charge in [-0.2, -0.15) is 0 Å². The first kappa shape index (κ1) is 17.3. The first-order valence-electron chi connectivity index (χ1n) is 7.44. The quantitative estimate of drug-likeness (QED) is 0.762. The van der Waals surface area contributed by atoms with Crippen LogP contribution in [0.4, 0.5) is 0 Å². The molecule has 0 saturated carbocycles. The molecule has 0 N–H and O–H groups in total. The third-order valence-corrected chi connectivity index (χ3v) is 3.22. The highest BCUT2D eigenvalue weighted by Crippen LogP contribution is 2.13. The second kappa shape index (κ2) is 8.48. The van der Waals surface area contributed by atoms with Gasteiger partial charge in [-0.1, -0.05) is 48.0 Å². The van der Waals surface area contributed by atoms with E-state index in [1.807, 2.05) is 30.3 Å². The largest absolute Gasteiger partial charge is 0.489 e. The lowest BCUT2D eigenvalue weighted by atomic mass is 10.2. The highest BCUT2D eigenvalue weighted by atomic mass is 16.5. The van der Waals surface area contributed by atoms with E-state index in [9.17, 15) is 0 Å². The number of benzene rings is 2. The number of quaternary nitrogens is 1. The summed E-state index contributed by atoms with van der Waals surface area (Å²) >= 11 is 0. The molecule has 0 radical (unpaired) electrons. The zero-order valence-corrected chi connectivity index (χ0v) is 14.0. The Morgan fingerprint density at radius 3 is 1.86 bits per heavy atom. The summed E-state index contributed by atoms with van der Waals surface area (Å²) in [6.07, 6.45) is 0. The van der Waals surface area contributed by atoms with Crippen LogP contribution in [0.25, 0.3) is 0 Å². The van der Waals surface area contributed by atoms with Crippen molar-refractivity contribution in [2.75, 3.05) is 27.7 Å². The Kier molecular flexibility index (Phi) is 6.97. The zero-order valence-electron chi connectivity index (χ0n) is 14.0. The standard InChI is InChI=1S/C14H14O.C5H14N/c1-12-7-9-14(10-8-12)15-11-13-5-3-2-4-6-13;1-5-6(2,3)4/h2-10H,11H2,1H3;5H2,1-4H3/q;+1. The fraction of sp³-hybridized carbons (Fsp3) is 0.368. The summed E-state index contributed by atoms with van der Waals surface area (Å²) in [6, 6.07) is 18.3. The lowest BCUT2D eigenvalue weighted by molar-refractivity contribution is -0.868. The molecule has 0 atom stereocenters. The van der Waals surface area contributed by atoms with Crippen molar-refractivity contribution in [3.05, 3.63) is 65.7 Å². The predicted molar refractivity (Wildman–Crippen MR) is 90.5 cm³/mol. The van der Waals surface area contributed by atoms with Crippen LogP contribution in [0.1, 0.15) is 18.1 Å². The van der Waals surface area contributed by atoms with E-state index < -0.39 is 0 Å². The van der Waals surface area contributed by atoms with Gasteiger partial charge in [0, 0.05) is 0 Å². The van der Waals surface area contributed by atoms with Crippen LogP contribution < -0.4 is 4.74 Å². The minimum absolute atomic E-state index is 0.629. The van der Waals surface area contributed by atoms with E-state index >= 15 is 0 Å². The van der Waals surface area contributed by atoms with Crippen molar-refractivity contribution < 1.29 is 9.22 Å². The Labute approximate surface area is 129 Å². The highest BCUT2D eigenvalue weighted by Gasteiger charge is 1.97. The summed E-state index contributed by atoms with van der Waals surface area (Å²) in [6.45, 7) is 6.09. The van der Waals surface area contributed by atoms with Crippen molar-refractivity contribution in [2.24, 2.45) is 0 Å². The smallest absolute Gasteiger partial charge is 0.119 e. The number of rotatable bonds is 4. The SMILES string of the molecule is CC[N+](C)(C)C.Cc1ccc(OCc2ccccc2)cc1. The van der Waals surface area contributed by atoms with E-state index in [1.165, 1.54) is 17.7 Å². The Bertz CT molecular complexity index is 497. The molecule has 0 spiro atoms. The molecule has 0 amide bonds. The van der Waals surface area contributed by atoms with Gasteiger partial charge >= 0.3 is 0 Å². The van der Waals surface area contributed by atoms with Gasteiger partial charge in [-0.3, -0.25) is 0 Å². The van der Waals surface area contributed by atoms with Gasteiger partial charge in [0.2, 0.25) is 0 Å². The van der Waals surface area contributed by atoms with E-state index in [1.54, 1.807) is 0 Å². The van der Waals surface area contributed by atoms with Crippen molar-refractivity contribution in [2.45, 2.75) is 20.5 Å². The van der Waals surface area contributed by atoms with Crippen LogP contribution >= 0.6 is 0 Å². The molecule has 114 valence electrons. The van der Waals surface area contributed by atoms with E-state index in [-0.39, 0.29) is 0 Å². The zero-order chi connectivity index (χ0) is 15.7. The molecule has 0 unspecified atom stereocenters. The number of ether oxygens (including phenoxy) is 1. The van der Waals surface area contributed by atoms with Gasteiger partial charge in [-0.25, -0.2) is 0 Å². The number of hydrogen-bond acceptors (Lipinski definition) is 1. The van der Waals surface area contributed by atoms with Gasteiger partial charge in [0.05, 0.1) is 27.7 Å². The van der Waals surface area contributed by atoms with E-state index in [0.717, 1.165) is 10.2 Å². The summed E-state index contributed by atoms with van der Waals surface area (Å²) < 4.78 is 6.72. The van der Waals surface area contributed by atoms with Crippen molar-refractivity contribution in [1.82, 2.24) is 0 Å². The van der Waals surface area contributed by atoms with Crippen molar-refractivity contribution in [3.63, 3.8) is 0 Å². The molecule has 2 rings (SSSR count). The Hall–Kier alpha value is -1.80. The van der Waals surface area contributed by atoms with E-state index in [2.05, 4.69) is 59.3 Å². The van der Waals surface area contributed by atoms with Crippen LogP contribution in [0.5, 0.6) is 5.75 Å². The highest BCUT2D eigenvalue weighted by molar-refractivity contribution is 5.26. The summed E-state index contributed by atoms with van der Waals surface area (Å²) in [4.78, 5) is 0. The summed E-state index contributed by atoms with van der Waals surface area (Å²) in [7, 11) is 6.54. The topological polar surface area (TPSA) is 9.23 Å². The number of aryl methyl sites for hydroxylation is 1. The summed E-state index contributed by atoms with van der Waals surface area (Å²) in [5.41, 5.74) is 2.44. The summed E-state index contributed by atoms with van der Waals surface area (Å²) in [5.74, 6) is 0.921. The van der Waals surface area contributed by atoms with Gasteiger partial charge in [-0.05, 0) is 31.5 Å². The van der Waals surface area contributed by atoms with Crippen LogP contribution in [0.3, 0.4) is 0 Å². The molecular weight excluding hydrogens is 258 g/mol. The average molecular weight is 286 g/mol. The minimum atomic E-state index is 0.629. The molecule has 2 heteroatoms. The maximum absolute atomic E-state index is 5.65. The van der Waals surface area contributed by atoms with Crippen LogP contribution in [0.15, 0.2) is 54.6 Å². The molecule has 0 heterocycles. The van der Waals surface area contributed by atoms with Crippen LogP contribution in [-0.4, -0.2) is 32.2 Å². The normalized spacial score (nSPS) is 10.5. The minimum Gasteiger partial charge on any atom is -0.489 e. The van der Waals surface area contributed by atoms with E-state index in [0.29, 0.717) is 6.61 Å². The third-order valence-electron chi connectivity index (χ3n) is 3.22. The molecule has 2 nitrogen and oxygen atoms in total. The fourth-order valence-corrected chi connectivity index (χ4v) is 1.38. The van der Waals surface area contributed by atoms with Crippen LogP contribution in [0.2, 0.25) is 0 Å². The third kappa shape index (κ3) is 8.16. The second-order valence-corrected chi connectivity index (χ2v) is 6.19. The number of hydrogen-bond donors (Lipinski definition) is 0. The fourth-order valence-electron chi connectivity index (χ4n) is 1.38. The van der Waals surface area contributed by atoms with Crippen molar-refractivity contribution in [1.29, 1.82) is 0 Å². The Morgan fingerprint density at radius 2 is 1.38 bits per heavy atom. The van der Waals surface area contributed by atoms with Crippen LogP contribution in [0, 0.1) is 6.92 Å². The van der Waals surface area contributed by atoms with Gasteiger partial charge in [-0.15, -0.1) is 0 Å². The van der Waals surface area contributed by atoms with Crippen molar-refractivity contribution >= 4 is 0 Å². The maximum atomic E-state index is 5.65. The maximum Gasteiger partial charge on any atom is 0.119 e. The van der Waals surface area contributed by atoms with Gasteiger partial charge in [0.15, 0.2) is 0 Å². The summed E-state index contributed by atoms with van der Waals surface area (Å²) in [5, 5.41) is 0. The van der Waals surface area contributed by atoms with Gasteiger partial charge in [0.25, 0.3) is 0 Å². The first-order chi connectivity index (χ1) is 9.90. The molecule has 2 aromatic carbocycles. The second-order valence-electron chi connectivity index (χ2n) is 6.19. The lowest BCUT2D eigenvalue weighted by Gasteiger charge is -2.20. The number of nitrogens with zero attached hydrogens (tertiary/aromatic N) is 1. The lowest BCUT2D eigenvalue weighted by Crippen LogP contribution is -2.33. The molecule has 0 bridgehead atoms. The molecule has 0 aromatic heterocycles. The van der Waals surface area contributed by atoms with Gasteiger partial charge in [0.1, 0.15) is 12.4 Å². The average Bonchev–Trinajstić information content (AvgIpc) is 2.48. The van der Waals surface area contributed by atoms with Crippen molar-refractivity contribution in [3.8, 4) is 5.75 Å². The first-order valence-corrected chi connectivity index (χ1v) is 7.44. The molecular formula is C19H28NO+. The van der Waals surface area contributed by atoms with E-state index in [4.69, 9.17) is 4.74 Å². The molecule has 0 aliphatic rings. The Balaban J connectivity index is 0.000000315. The molecule has 0 aliphatic heterocycles. The van der Waals surface area contributed by atoms with Gasteiger partial charge < -0.3 is 9.22 Å². The molecule has 0 aliphatic carbocycles. The predicted octanol–water partition coefficient (Wildman–Crippen LogP) is 4.29. The molecule has 0 saturated heterocycles. The molecule has 21 heavy (non-hydrogen) atoms. The molecule has 0 fully saturated rings. The molecule has 2 aromatic rings.